The van der Waals surface area contributed by atoms with E-state index in [1.807, 2.05) is 4.98 Å². The number of alkyl halides is 3. The second-order valence-electron chi connectivity index (χ2n) is 4.30. The largest absolute Gasteiger partial charge is 0.417 e. The molecule has 112 valence electrons. The molecule has 2 N–H and O–H groups in total. The van der Waals surface area contributed by atoms with Crippen molar-refractivity contribution < 1.29 is 18.0 Å². The second kappa shape index (κ2) is 5.43. The molecule has 0 bridgehead atoms. The van der Waals surface area contributed by atoms with Gasteiger partial charge in [0.2, 0.25) is 5.91 Å². The molecule has 0 fully saturated rings. The van der Waals surface area contributed by atoms with E-state index in [0.717, 1.165) is 0 Å². The maximum absolute atomic E-state index is 12.6. The summed E-state index contributed by atoms with van der Waals surface area (Å²) in [5.41, 5.74) is -2.32. The molecule has 0 spiro atoms. The number of carbonyl (C=O) groups excluding carboxylic acids is 1. The number of pyridine rings is 1. The van der Waals surface area contributed by atoms with Crippen LogP contribution in [-0.4, -0.2) is 20.4 Å². The van der Waals surface area contributed by atoms with Crippen molar-refractivity contribution in [2.75, 3.05) is 5.32 Å². The number of H-pyrrole nitrogens is 1. The van der Waals surface area contributed by atoms with Gasteiger partial charge in [-0.05, 0) is 13.0 Å². The van der Waals surface area contributed by atoms with E-state index in [0.29, 0.717) is 12.3 Å². The Hall–Kier alpha value is -2.58. The number of halogens is 3. The molecule has 1 atom stereocenters. The minimum absolute atomic E-state index is 0.457. The van der Waals surface area contributed by atoms with Crippen molar-refractivity contribution in [2.24, 2.45) is 0 Å². The van der Waals surface area contributed by atoms with Gasteiger partial charge in [0, 0.05) is 18.6 Å². The van der Waals surface area contributed by atoms with Gasteiger partial charge in [0.25, 0.3) is 5.56 Å². The minimum atomic E-state index is -4.61. The molecule has 0 aliphatic heterocycles. The van der Waals surface area contributed by atoms with Crippen LogP contribution in [0.5, 0.6) is 0 Å². The number of hydrogen-bond donors (Lipinski definition) is 2. The van der Waals surface area contributed by atoms with Crippen LogP contribution in [0.2, 0.25) is 0 Å². The van der Waals surface area contributed by atoms with E-state index in [-0.39, 0.29) is 0 Å². The van der Waals surface area contributed by atoms with Gasteiger partial charge in [0.05, 0.1) is 11.9 Å². The minimum Gasteiger partial charge on any atom is -0.327 e. The molecular formula is C12H11F3N4O2. The number of carbonyl (C=O) groups is 1. The standard InChI is InChI=1S/C12H11F3N4O2/c1-7(19-3-2-16-6-19)10(20)18-9-4-8(12(13,14)15)5-17-11(9)21/h2-7H,1H3,(H,17,21)(H,18,20). The summed E-state index contributed by atoms with van der Waals surface area (Å²) in [5, 5.41) is 2.18. The van der Waals surface area contributed by atoms with Crippen molar-refractivity contribution in [1.29, 1.82) is 0 Å². The first-order valence-corrected chi connectivity index (χ1v) is 5.87. The Kier molecular flexibility index (Phi) is 3.83. The van der Waals surface area contributed by atoms with Crippen LogP contribution >= 0.6 is 0 Å². The molecule has 6 nitrogen and oxygen atoms in total. The highest BCUT2D eigenvalue weighted by Crippen LogP contribution is 2.29. The van der Waals surface area contributed by atoms with Gasteiger partial charge in [0.15, 0.2) is 0 Å². The summed E-state index contributed by atoms with van der Waals surface area (Å²) in [4.78, 5) is 29.1. The number of rotatable bonds is 3. The molecule has 2 aromatic heterocycles. The molecule has 1 amide bonds. The third-order valence-electron chi connectivity index (χ3n) is 2.84. The average Bonchev–Trinajstić information content (AvgIpc) is 2.92. The number of amides is 1. The van der Waals surface area contributed by atoms with Crippen LogP contribution < -0.4 is 10.9 Å². The van der Waals surface area contributed by atoms with Crippen molar-refractivity contribution in [2.45, 2.75) is 19.1 Å². The van der Waals surface area contributed by atoms with E-state index < -0.39 is 34.9 Å². The smallest absolute Gasteiger partial charge is 0.327 e. The van der Waals surface area contributed by atoms with E-state index in [9.17, 15) is 22.8 Å². The molecule has 0 radical (unpaired) electrons. The monoisotopic (exact) mass is 300 g/mol. The molecule has 2 aromatic rings. The Morgan fingerprint density at radius 3 is 2.76 bits per heavy atom. The highest BCUT2D eigenvalue weighted by molar-refractivity contribution is 5.93. The van der Waals surface area contributed by atoms with Crippen LogP contribution in [0, 0.1) is 0 Å². The van der Waals surface area contributed by atoms with Crippen LogP contribution in [0.25, 0.3) is 0 Å². The number of aromatic amines is 1. The number of hydrogen-bond acceptors (Lipinski definition) is 3. The summed E-state index contributed by atoms with van der Waals surface area (Å²) >= 11 is 0. The van der Waals surface area contributed by atoms with Crippen LogP contribution in [0.15, 0.2) is 35.8 Å². The fraction of sp³-hybridized carbons (Fsp3) is 0.250. The lowest BCUT2D eigenvalue weighted by Crippen LogP contribution is -2.27. The molecule has 2 heterocycles. The molecule has 0 aromatic carbocycles. The lowest BCUT2D eigenvalue weighted by atomic mass is 10.2. The van der Waals surface area contributed by atoms with E-state index in [2.05, 4.69) is 10.3 Å². The van der Waals surface area contributed by atoms with E-state index in [1.165, 1.54) is 30.2 Å². The molecule has 0 saturated carbocycles. The zero-order valence-corrected chi connectivity index (χ0v) is 10.8. The Morgan fingerprint density at radius 1 is 1.48 bits per heavy atom. The van der Waals surface area contributed by atoms with Crippen molar-refractivity contribution in [3.63, 3.8) is 0 Å². The SMILES string of the molecule is CC(C(=O)Nc1cc(C(F)(F)F)c[nH]c1=O)n1ccnc1. The zero-order valence-electron chi connectivity index (χ0n) is 10.8. The maximum atomic E-state index is 12.6. The second-order valence-corrected chi connectivity index (χ2v) is 4.30. The Morgan fingerprint density at radius 2 is 2.19 bits per heavy atom. The summed E-state index contributed by atoms with van der Waals surface area (Å²) in [7, 11) is 0. The van der Waals surface area contributed by atoms with Crippen molar-refractivity contribution in [3.05, 3.63) is 46.9 Å². The Balaban J connectivity index is 2.23. The summed E-state index contributed by atoms with van der Waals surface area (Å²) in [6.45, 7) is 1.53. The van der Waals surface area contributed by atoms with Gasteiger partial charge in [-0.3, -0.25) is 9.59 Å². The topological polar surface area (TPSA) is 79.8 Å². The fourth-order valence-electron chi connectivity index (χ4n) is 1.61. The highest BCUT2D eigenvalue weighted by Gasteiger charge is 2.31. The van der Waals surface area contributed by atoms with Crippen molar-refractivity contribution >= 4 is 11.6 Å². The summed E-state index contributed by atoms with van der Waals surface area (Å²) < 4.78 is 39.2. The van der Waals surface area contributed by atoms with Gasteiger partial charge in [-0.2, -0.15) is 13.2 Å². The van der Waals surface area contributed by atoms with Crippen molar-refractivity contribution in [1.82, 2.24) is 14.5 Å². The Bertz CT molecular complexity index is 691. The first-order valence-electron chi connectivity index (χ1n) is 5.87. The number of nitrogens with zero attached hydrogens (tertiary/aromatic N) is 2. The number of nitrogens with one attached hydrogen (secondary N) is 2. The van der Waals surface area contributed by atoms with Crippen LogP contribution in [-0.2, 0) is 11.0 Å². The number of anilines is 1. The first-order chi connectivity index (χ1) is 9.79. The maximum Gasteiger partial charge on any atom is 0.417 e. The number of imidazole rings is 1. The predicted molar refractivity (Wildman–Crippen MR) is 67.6 cm³/mol. The van der Waals surface area contributed by atoms with Crippen LogP contribution in [0.3, 0.4) is 0 Å². The fourth-order valence-corrected chi connectivity index (χ4v) is 1.61. The quantitative estimate of drug-likeness (QED) is 0.907. The van der Waals surface area contributed by atoms with Gasteiger partial charge >= 0.3 is 6.18 Å². The third kappa shape index (κ3) is 3.30. The van der Waals surface area contributed by atoms with Crippen LogP contribution in [0.4, 0.5) is 18.9 Å². The average molecular weight is 300 g/mol. The molecule has 1 unspecified atom stereocenters. The molecule has 0 saturated heterocycles. The predicted octanol–water partition coefficient (Wildman–Crippen LogP) is 1.79. The lowest BCUT2D eigenvalue weighted by Gasteiger charge is -2.14. The lowest BCUT2D eigenvalue weighted by molar-refractivity contribution is -0.137. The molecular weight excluding hydrogens is 289 g/mol. The summed E-state index contributed by atoms with van der Waals surface area (Å²) in [6.07, 6.45) is 0.318. The summed E-state index contributed by atoms with van der Waals surface area (Å²) in [5.74, 6) is -0.627. The first kappa shape index (κ1) is 14.8. The summed E-state index contributed by atoms with van der Waals surface area (Å²) in [6, 6.07) is -0.126. The van der Waals surface area contributed by atoms with Gasteiger partial charge < -0.3 is 14.9 Å². The van der Waals surface area contributed by atoms with Gasteiger partial charge in [-0.1, -0.05) is 0 Å². The molecule has 9 heteroatoms. The van der Waals surface area contributed by atoms with Gasteiger partial charge in [-0.25, -0.2) is 4.98 Å². The van der Waals surface area contributed by atoms with E-state index in [1.54, 1.807) is 0 Å². The molecule has 2 rings (SSSR count). The van der Waals surface area contributed by atoms with Crippen LogP contribution in [0.1, 0.15) is 18.5 Å². The van der Waals surface area contributed by atoms with E-state index >= 15 is 0 Å². The Labute approximate surface area is 116 Å². The number of aromatic nitrogens is 3. The van der Waals surface area contributed by atoms with Gasteiger partial charge in [0.1, 0.15) is 11.7 Å². The normalized spacial score (nSPS) is 13.0. The van der Waals surface area contributed by atoms with Gasteiger partial charge in [-0.15, -0.1) is 0 Å². The highest BCUT2D eigenvalue weighted by atomic mass is 19.4. The molecule has 0 aliphatic carbocycles. The third-order valence-corrected chi connectivity index (χ3v) is 2.84. The molecule has 0 aliphatic rings. The van der Waals surface area contributed by atoms with Crippen molar-refractivity contribution in [3.8, 4) is 0 Å². The molecule has 21 heavy (non-hydrogen) atoms. The zero-order chi connectivity index (χ0) is 15.6. The van der Waals surface area contributed by atoms with E-state index in [4.69, 9.17) is 0 Å².